The number of carbonyl (C=O) groups excluding carboxylic acids is 1. The van der Waals surface area contributed by atoms with E-state index in [1.54, 1.807) is 11.3 Å². The van der Waals surface area contributed by atoms with Crippen LogP contribution in [0.5, 0.6) is 0 Å². The van der Waals surface area contributed by atoms with E-state index in [9.17, 15) is 4.79 Å². The number of esters is 1. The Morgan fingerprint density at radius 2 is 1.84 bits per heavy atom. The molecule has 5 nitrogen and oxygen atoms in total. The number of thiazole rings is 1. The first-order valence-corrected chi connectivity index (χ1v) is 11.4. The van der Waals surface area contributed by atoms with E-state index in [-0.39, 0.29) is 11.4 Å². The van der Waals surface area contributed by atoms with Crippen molar-refractivity contribution in [2.24, 2.45) is 0 Å². The molecule has 1 aliphatic carbocycles. The van der Waals surface area contributed by atoms with E-state index in [2.05, 4.69) is 71.6 Å². The number of fused-ring (bicyclic) bond motifs is 2. The molecular formula is C26H21N3O2S. The second kappa shape index (κ2) is 7.36. The number of ether oxygens (including phenoxy) is 1. The van der Waals surface area contributed by atoms with Crippen molar-refractivity contribution in [3.05, 3.63) is 95.2 Å². The van der Waals surface area contributed by atoms with E-state index >= 15 is 0 Å². The zero-order chi connectivity index (χ0) is 21.7. The molecule has 0 radical (unpaired) electrons. The van der Waals surface area contributed by atoms with Crippen LogP contribution in [0, 0.1) is 0 Å². The normalized spacial score (nSPS) is 16.3. The molecule has 158 valence electrons. The number of nitrogens with zero attached hydrogens (tertiary/aromatic N) is 3. The molecule has 2 aromatic carbocycles. The summed E-state index contributed by atoms with van der Waals surface area (Å²) in [6.45, 7) is 1.83. The van der Waals surface area contributed by atoms with Crippen molar-refractivity contribution in [2.45, 2.75) is 18.5 Å². The van der Waals surface area contributed by atoms with E-state index < -0.39 is 0 Å². The van der Waals surface area contributed by atoms with Crippen LogP contribution in [0.1, 0.15) is 22.4 Å². The van der Waals surface area contributed by atoms with E-state index in [4.69, 9.17) is 14.7 Å². The molecule has 0 N–H and O–H groups in total. The average molecular weight is 440 g/mol. The van der Waals surface area contributed by atoms with Crippen LogP contribution in [0.3, 0.4) is 0 Å². The van der Waals surface area contributed by atoms with Gasteiger partial charge in [0.2, 0.25) is 0 Å². The van der Waals surface area contributed by atoms with Gasteiger partial charge in [-0.15, -0.1) is 0 Å². The van der Waals surface area contributed by atoms with Crippen molar-refractivity contribution in [1.29, 1.82) is 0 Å². The Kier molecular flexibility index (Phi) is 4.45. The topological polar surface area (TPSA) is 55.3 Å². The molecule has 0 saturated carbocycles. The van der Waals surface area contributed by atoms with Crippen molar-refractivity contribution in [3.8, 4) is 10.6 Å². The number of carbonyl (C=O) groups is 1. The molecule has 0 saturated heterocycles. The number of aromatic nitrogens is 2. The number of hydrogen-bond donors (Lipinski definition) is 0. The van der Waals surface area contributed by atoms with Gasteiger partial charge in [0.15, 0.2) is 0 Å². The fourth-order valence-electron chi connectivity index (χ4n) is 4.44. The van der Waals surface area contributed by atoms with E-state index in [0.29, 0.717) is 6.54 Å². The standard InChI is InChI=1S/C26H21N3O2S/c1-31-23(30)16-29-14-18-8-7-17(13-19(18)15-29)24-27-21-9-10-22(28-25(21)32-24)26(11-12-26)20-5-3-2-4-6-20/h2-13H,14-16H2,1H3. The van der Waals surface area contributed by atoms with Crippen LogP contribution in [0.15, 0.2) is 72.8 Å². The molecule has 0 atom stereocenters. The summed E-state index contributed by atoms with van der Waals surface area (Å²) < 4.78 is 4.80. The summed E-state index contributed by atoms with van der Waals surface area (Å²) >= 11 is 1.63. The minimum Gasteiger partial charge on any atom is -0.468 e. The van der Waals surface area contributed by atoms with Crippen LogP contribution in [0.2, 0.25) is 0 Å². The lowest BCUT2D eigenvalue weighted by Crippen LogP contribution is -2.25. The fraction of sp³-hybridized carbons (Fsp3) is 0.192. The smallest absolute Gasteiger partial charge is 0.319 e. The van der Waals surface area contributed by atoms with Crippen LogP contribution in [0.4, 0.5) is 0 Å². The highest BCUT2D eigenvalue weighted by Gasteiger charge is 2.39. The SMILES string of the molecule is COC(=O)CN1Cc2ccc(-c3nc4ccc(C5(c6ccccc6)C=C5)nc4s3)cc2C1. The number of benzene rings is 2. The van der Waals surface area contributed by atoms with Crippen LogP contribution in [-0.4, -0.2) is 34.5 Å². The summed E-state index contributed by atoms with van der Waals surface area (Å²) in [5.41, 5.74) is 6.61. The van der Waals surface area contributed by atoms with Gasteiger partial charge >= 0.3 is 5.97 Å². The number of methoxy groups -OCH3 is 1. The Labute approximate surface area is 190 Å². The van der Waals surface area contributed by atoms with E-state index in [1.165, 1.54) is 23.8 Å². The lowest BCUT2D eigenvalue weighted by molar-refractivity contribution is -0.142. The zero-order valence-corrected chi connectivity index (χ0v) is 18.4. The first-order valence-electron chi connectivity index (χ1n) is 10.6. The number of pyridine rings is 1. The first-order chi connectivity index (χ1) is 15.6. The Balaban J connectivity index is 1.29. The minimum atomic E-state index is -0.204. The lowest BCUT2D eigenvalue weighted by atomic mass is 9.89. The van der Waals surface area contributed by atoms with Gasteiger partial charge in [0.1, 0.15) is 15.4 Å². The highest BCUT2D eigenvalue weighted by atomic mass is 32.1. The highest BCUT2D eigenvalue weighted by Crippen LogP contribution is 2.45. The molecule has 0 fully saturated rings. The van der Waals surface area contributed by atoms with Crippen LogP contribution < -0.4 is 0 Å². The molecule has 6 heteroatoms. The number of rotatable bonds is 5. The molecule has 2 aliphatic rings. The predicted octanol–water partition coefficient (Wildman–Crippen LogP) is 4.70. The molecule has 1 aliphatic heterocycles. The monoisotopic (exact) mass is 439 g/mol. The van der Waals surface area contributed by atoms with Gasteiger partial charge in [0, 0.05) is 18.7 Å². The Morgan fingerprint density at radius 1 is 1.03 bits per heavy atom. The van der Waals surface area contributed by atoms with Crippen molar-refractivity contribution in [1.82, 2.24) is 14.9 Å². The van der Waals surface area contributed by atoms with Gasteiger partial charge in [0.05, 0.1) is 24.8 Å². The van der Waals surface area contributed by atoms with Gasteiger partial charge in [-0.25, -0.2) is 9.97 Å². The molecule has 4 aromatic rings. The van der Waals surface area contributed by atoms with E-state index in [0.717, 1.165) is 39.7 Å². The largest absolute Gasteiger partial charge is 0.468 e. The first kappa shape index (κ1) is 19.3. The Hall–Kier alpha value is -3.35. The van der Waals surface area contributed by atoms with Gasteiger partial charge in [0.25, 0.3) is 0 Å². The summed E-state index contributed by atoms with van der Waals surface area (Å²) in [4.78, 5) is 24.5. The fourth-order valence-corrected chi connectivity index (χ4v) is 5.37. The predicted molar refractivity (Wildman–Crippen MR) is 125 cm³/mol. The van der Waals surface area contributed by atoms with Crippen LogP contribution in [-0.2, 0) is 28.0 Å². The van der Waals surface area contributed by atoms with Gasteiger partial charge in [-0.3, -0.25) is 9.69 Å². The maximum atomic E-state index is 11.6. The van der Waals surface area contributed by atoms with Crippen LogP contribution in [0.25, 0.3) is 20.9 Å². The van der Waals surface area contributed by atoms with E-state index in [1.807, 2.05) is 6.07 Å². The Morgan fingerprint density at radius 3 is 2.62 bits per heavy atom. The average Bonchev–Trinajstić information content (AvgIpc) is 3.37. The maximum Gasteiger partial charge on any atom is 0.319 e. The van der Waals surface area contributed by atoms with Crippen molar-refractivity contribution >= 4 is 27.7 Å². The van der Waals surface area contributed by atoms with Gasteiger partial charge < -0.3 is 4.74 Å². The minimum absolute atomic E-state index is 0.184. The lowest BCUT2D eigenvalue weighted by Gasteiger charge is -2.15. The molecule has 0 unspecified atom stereocenters. The Bertz CT molecular complexity index is 1370. The molecule has 2 aromatic heterocycles. The third-order valence-electron chi connectivity index (χ3n) is 6.25. The van der Waals surface area contributed by atoms with Gasteiger partial charge in [-0.2, -0.15) is 0 Å². The highest BCUT2D eigenvalue weighted by molar-refractivity contribution is 7.21. The summed E-state index contributed by atoms with van der Waals surface area (Å²) in [5, 5.41) is 0.969. The van der Waals surface area contributed by atoms with Crippen molar-refractivity contribution in [3.63, 3.8) is 0 Å². The third-order valence-corrected chi connectivity index (χ3v) is 7.27. The molecule has 0 bridgehead atoms. The summed E-state index contributed by atoms with van der Waals surface area (Å²) in [6.07, 6.45) is 4.41. The quantitative estimate of drug-likeness (QED) is 0.333. The molecule has 0 amide bonds. The number of allylic oxidation sites excluding steroid dienone is 2. The van der Waals surface area contributed by atoms with Gasteiger partial charge in [-0.1, -0.05) is 66.0 Å². The zero-order valence-electron chi connectivity index (χ0n) is 17.6. The molecule has 32 heavy (non-hydrogen) atoms. The summed E-state index contributed by atoms with van der Waals surface area (Å²) in [6, 6.07) is 21.1. The van der Waals surface area contributed by atoms with Crippen molar-refractivity contribution in [2.75, 3.05) is 13.7 Å². The summed E-state index contributed by atoms with van der Waals surface area (Å²) in [5.74, 6) is -0.204. The molecule has 3 heterocycles. The van der Waals surface area contributed by atoms with Gasteiger partial charge in [-0.05, 0) is 34.9 Å². The van der Waals surface area contributed by atoms with Crippen LogP contribution >= 0.6 is 11.3 Å². The summed E-state index contributed by atoms with van der Waals surface area (Å²) in [7, 11) is 1.43. The molecule has 0 spiro atoms. The second-order valence-corrected chi connectivity index (χ2v) is 9.29. The second-order valence-electron chi connectivity index (χ2n) is 8.31. The maximum absolute atomic E-state index is 11.6. The third kappa shape index (κ3) is 3.23. The molecular weight excluding hydrogens is 418 g/mol. The van der Waals surface area contributed by atoms with Crippen molar-refractivity contribution < 1.29 is 9.53 Å². The molecule has 6 rings (SSSR count). The number of hydrogen-bond acceptors (Lipinski definition) is 6.